The third kappa shape index (κ3) is 2.72. The molecule has 1 aromatic carbocycles. The van der Waals surface area contributed by atoms with Gasteiger partial charge in [0, 0.05) is 5.69 Å². The molecule has 0 saturated carbocycles. The Bertz CT molecular complexity index is 310. The lowest BCUT2D eigenvalue weighted by Gasteiger charge is -2.09. The fraction of sp³-hybridized carbons (Fsp3) is 0.222. The smallest absolute Gasteiger partial charge is 0.316 e. The number of amides is 2. The quantitative estimate of drug-likeness (QED) is 0.553. The van der Waals surface area contributed by atoms with Gasteiger partial charge < -0.3 is 21.9 Å². The van der Waals surface area contributed by atoms with Crippen LogP contribution in [0.3, 0.4) is 0 Å². The number of hydrogen-bond acceptors (Lipinski definition) is 3. The van der Waals surface area contributed by atoms with Crippen molar-refractivity contribution in [2.24, 2.45) is 11.5 Å². The van der Waals surface area contributed by atoms with Crippen molar-refractivity contribution >= 4 is 11.7 Å². The molecular formula is C9H13N3O2. The maximum atomic E-state index is 10.5. The van der Waals surface area contributed by atoms with Crippen molar-refractivity contribution in [3.63, 3.8) is 0 Å². The standard InChI is InChI=1S/C9H13N3O2/c10-8(5-13)6-1-3-7(4-2-6)12-9(11)14/h1-4,8,13H,5,10H2,(H3,11,12,14). The van der Waals surface area contributed by atoms with Gasteiger partial charge in [-0.3, -0.25) is 0 Å². The minimum atomic E-state index is -0.607. The number of anilines is 1. The van der Waals surface area contributed by atoms with Gasteiger partial charge in [0.2, 0.25) is 0 Å². The lowest BCUT2D eigenvalue weighted by atomic mass is 10.1. The fourth-order valence-corrected chi connectivity index (χ4v) is 1.06. The maximum Gasteiger partial charge on any atom is 0.316 e. The van der Waals surface area contributed by atoms with Crippen molar-refractivity contribution in [2.75, 3.05) is 11.9 Å². The summed E-state index contributed by atoms with van der Waals surface area (Å²) >= 11 is 0. The molecule has 0 spiro atoms. The fourth-order valence-electron chi connectivity index (χ4n) is 1.06. The zero-order valence-corrected chi connectivity index (χ0v) is 7.60. The maximum absolute atomic E-state index is 10.5. The predicted octanol–water partition coefficient (Wildman–Crippen LogP) is 0.169. The molecule has 6 N–H and O–H groups in total. The van der Waals surface area contributed by atoms with Crippen LogP contribution in [0.15, 0.2) is 24.3 Å². The van der Waals surface area contributed by atoms with Gasteiger partial charge in [-0.05, 0) is 17.7 Å². The molecule has 2 amide bonds. The first kappa shape index (κ1) is 10.5. The van der Waals surface area contributed by atoms with Crippen LogP contribution < -0.4 is 16.8 Å². The van der Waals surface area contributed by atoms with E-state index in [0.29, 0.717) is 5.69 Å². The van der Waals surface area contributed by atoms with Gasteiger partial charge in [-0.1, -0.05) is 12.1 Å². The van der Waals surface area contributed by atoms with Crippen molar-refractivity contribution in [2.45, 2.75) is 6.04 Å². The average Bonchev–Trinajstić information content (AvgIpc) is 2.17. The number of carbonyl (C=O) groups excluding carboxylic acids is 1. The minimum absolute atomic E-state index is 0.109. The van der Waals surface area contributed by atoms with E-state index in [2.05, 4.69) is 5.32 Å². The largest absolute Gasteiger partial charge is 0.394 e. The molecule has 0 aromatic heterocycles. The summed E-state index contributed by atoms with van der Waals surface area (Å²) in [7, 11) is 0. The summed E-state index contributed by atoms with van der Waals surface area (Å²) in [5.74, 6) is 0. The van der Waals surface area contributed by atoms with Gasteiger partial charge in [0.1, 0.15) is 0 Å². The molecule has 0 aliphatic carbocycles. The van der Waals surface area contributed by atoms with Crippen molar-refractivity contribution in [1.29, 1.82) is 0 Å². The van der Waals surface area contributed by atoms with Gasteiger partial charge in [0.15, 0.2) is 0 Å². The highest BCUT2D eigenvalue weighted by Gasteiger charge is 2.03. The molecule has 76 valence electrons. The number of primary amides is 1. The van der Waals surface area contributed by atoms with Gasteiger partial charge in [-0.2, -0.15) is 0 Å². The Hall–Kier alpha value is -1.59. The summed E-state index contributed by atoms with van der Waals surface area (Å²) < 4.78 is 0. The predicted molar refractivity (Wildman–Crippen MR) is 53.7 cm³/mol. The highest BCUT2D eigenvalue weighted by molar-refractivity contribution is 5.87. The first-order chi connectivity index (χ1) is 6.63. The number of aliphatic hydroxyl groups is 1. The van der Waals surface area contributed by atoms with Crippen molar-refractivity contribution < 1.29 is 9.90 Å². The monoisotopic (exact) mass is 195 g/mol. The van der Waals surface area contributed by atoms with E-state index in [1.165, 1.54) is 0 Å². The van der Waals surface area contributed by atoms with E-state index in [9.17, 15) is 4.79 Å². The second-order valence-corrected chi connectivity index (χ2v) is 2.90. The molecule has 0 heterocycles. The van der Waals surface area contributed by atoms with Crippen LogP contribution in [0.1, 0.15) is 11.6 Å². The molecule has 0 aliphatic heterocycles. The zero-order valence-electron chi connectivity index (χ0n) is 7.60. The molecule has 1 atom stereocenters. The molecule has 0 aliphatic rings. The summed E-state index contributed by atoms with van der Waals surface area (Å²) in [6, 6.07) is 5.81. The first-order valence-electron chi connectivity index (χ1n) is 4.16. The Kier molecular flexibility index (Phi) is 3.44. The Balaban J connectivity index is 2.73. The molecule has 0 bridgehead atoms. The summed E-state index contributed by atoms with van der Waals surface area (Å²) in [6.45, 7) is -0.109. The Morgan fingerprint density at radius 3 is 2.43 bits per heavy atom. The van der Waals surface area contributed by atoms with Crippen LogP contribution in [0.2, 0.25) is 0 Å². The molecule has 0 radical (unpaired) electrons. The van der Waals surface area contributed by atoms with Gasteiger partial charge >= 0.3 is 6.03 Å². The summed E-state index contributed by atoms with van der Waals surface area (Å²) in [4.78, 5) is 10.5. The first-order valence-corrected chi connectivity index (χ1v) is 4.16. The van der Waals surface area contributed by atoms with Crippen LogP contribution in [0.25, 0.3) is 0 Å². The Morgan fingerprint density at radius 1 is 1.43 bits per heavy atom. The van der Waals surface area contributed by atoms with E-state index in [4.69, 9.17) is 16.6 Å². The zero-order chi connectivity index (χ0) is 10.6. The van der Waals surface area contributed by atoms with Crippen LogP contribution in [-0.4, -0.2) is 17.7 Å². The van der Waals surface area contributed by atoms with Crippen molar-refractivity contribution in [3.8, 4) is 0 Å². The number of aliphatic hydroxyl groups excluding tert-OH is 1. The minimum Gasteiger partial charge on any atom is -0.394 e. The highest BCUT2D eigenvalue weighted by atomic mass is 16.3. The van der Waals surface area contributed by atoms with Gasteiger partial charge in [-0.15, -0.1) is 0 Å². The number of hydrogen-bond donors (Lipinski definition) is 4. The molecule has 14 heavy (non-hydrogen) atoms. The van der Waals surface area contributed by atoms with Crippen LogP contribution in [0.5, 0.6) is 0 Å². The molecule has 5 heteroatoms. The van der Waals surface area contributed by atoms with E-state index < -0.39 is 12.1 Å². The van der Waals surface area contributed by atoms with E-state index >= 15 is 0 Å². The van der Waals surface area contributed by atoms with Gasteiger partial charge in [0.05, 0.1) is 12.6 Å². The normalized spacial score (nSPS) is 12.1. The SMILES string of the molecule is NC(=O)Nc1ccc(C(N)CO)cc1. The lowest BCUT2D eigenvalue weighted by molar-refractivity contribution is 0.259. The summed E-state index contributed by atoms with van der Waals surface area (Å²) in [5, 5.41) is 11.2. The Morgan fingerprint density at radius 2 is 2.00 bits per heavy atom. The van der Waals surface area contributed by atoms with E-state index in [1.807, 2.05) is 0 Å². The topological polar surface area (TPSA) is 101 Å². The summed E-state index contributed by atoms with van der Waals surface area (Å²) in [6.07, 6.45) is 0. The number of urea groups is 1. The number of nitrogens with one attached hydrogen (secondary N) is 1. The number of rotatable bonds is 3. The van der Waals surface area contributed by atoms with E-state index in [-0.39, 0.29) is 6.61 Å². The van der Waals surface area contributed by atoms with Gasteiger partial charge in [-0.25, -0.2) is 4.79 Å². The number of carbonyl (C=O) groups is 1. The molecule has 1 unspecified atom stereocenters. The molecule has 0 fully saturated rings. The van der Waals surface area contributed by atoms with Crippen LogP contribution in [-0.2, 0) is 0 Å². The van der Waals surface area contributed by atoms with Crippen LogP contribution >= 0.6 is 0 Å². The molecule has 1 aromatic rings. The Labute approximate surface area is 81.7 Å². The van der Waals surface area contributed by atoms with Crippen molar-refractivity contribution in [1.82, 2.24) is 0 Å². The lowest BCUT2D eigenvalue weighted by Crippen LogP contribution is -2.19. The van der Waals surface area contributed by atoms with Crippen molar-refractivity contribution in [3.05, 3.63) is 29.8 Å². The van der Waals surface area contributed by atoms with Crippen LogP contribution in [0, 0.1) is 0 Å². The molecule has 1 rings (SSSR count). The second kappa shape index (κ2) is 4.59. The van der Waals surface area contributed by atoms with Gasteiger partial charge in [0.25, 0.3) is 0 Å². The third-order valence-corrected chi connectivity index (χ3v) is 1.80. The number of benzene rings is 1. The second-order valence-electron chi connectivity index (χ2n) is 2.90. The van der Waals surface area contributed by atoms with Crippen LogP contribution in [0.4, 0.5) is 10.5 Å². The third-order valence-electron chi connectivity index (χ3n) is 1.80. The van der Waals surface area contributed by atoms with E-state index in [1.54, 1.807) is 24.3 Å². The summed E-state index contributed by atoms with van der Waals surface area (Å²) in [5.41, 5.74) is 11.9. The highest BCUT2D eigenvalue weighted by Crippen LogP contribution is 2.13. The van der Waals surface area contributed by atoms with E-state index in [0.717, 1.165) is 5.56 Å². The number of nitrogens with two attached hydrogens (primary N) is 2. The molecular weight excluding hydrogens is 182 g/mol. The molecule has 5 nitrogen and oxygen atoms in total. The average molecular weight is 195 g/mol. The molecule has 0 saturated heterocycles.